The van der Waals surface area contributed by atoms with Gasteiger partial charge in [0.25, 0.3) is 0 Å². The van der Waals surface area contributed by atoms with E-state index in [4.69, 9.17) is 4.74 Å². The van der Waals surface area contributed by atoms with Gasteiger partial charge in [0.2, 0.25) is 0 Å². The highest BCUT2D eigenvalue weighted by atomic mass is 16.5. The Labute approximate surface area is 79.9 Å². The Morgan fingerprint density at radius 3 is 2.62 bits per heavy atom. The summed E-state index contributed by atoms with van der Waals surface area (Å²) >= 11 is 0. The first kappa shape index (κ1) is 10.1. The van der Waals surface area contributed by atoms with Gasteiger partial charge < -0.3 is 10.1 Å². The van der Waals surface area contributed by atoms with E-state index in [1.807, 2.05) is 18.2 Å². The largest absolute Gasteiger partial charge is 0.496 e. The van der Waals surface area contributed by atoms with Crippen LogP contribution in [0.4, 0.5) is 0 Å². The van der Waals surface area contributed by atoms with Gasteiger partial charge in [-0.15, -0.1) is 0 Å². The Hall–Kier alpha value is -1.02. The number of benzene rings is 1. The fourth-order valence-electron chi connectivity index (χ4n) is 1.16. The van der Waals surface area contributed by atoms with Crippen molar-refractivity contribution in [1.29, 1.82) is 0 Å². The van der Waals surface area contributed by atoms with E-state index in [0.29, 0.717) is 6.04 Å². The summed E-state index contributed by atoms with van der Waals surface area (Å²) in [6, 6.07) is 8.58. The molecular weight excluding hydrogens is 162 g/mol. The summed E-state index contributed by atoms with van der Waals surface area (Å²) in [7, 11) is 1.70. The van der Waals surface area contributed by atoms with E-state index in [1.165, 1.54) is 5.56 Å². The van der Waals surface area contributed by atoms with Crippen LogP contribution in [0.5, 0.6) is 5.75 Å². The third-order valence-electron chi connectivity index (χ3n) is 1.89. The molecular formula is C11H17NO. The maximum Gasteiger partial charge on any atom is 0.123 e. The quantitative estimate of drug-likeness (QED) is 0.765. The molecule has 1 N–H and O–H groups in total. The highest BCUT2D eigenvalue weighted by Crippen LogP contribution is 2.16. The fraction of sp³-hybridized carbons (Fsp3) is 0.455. The van der Waals surface area contributed by atoms with Crippen LogP contribution in [0.3, 0.4) is 0 Å². The zero-order valence-electron chi connectivity index (χ0n) is 8.50. The zero-order chi connectivity index (χ0) is 9.68. The maximum atomic E-state index is 5.24. The molecule has 0 amide bonds. The summed E-state index contributed by atoms with van der Waals surface area (Å²) in [6.07, 6.45) is 0. The van der Waals surface area contributed by atoms with Crippen LogP contribution in [0, 0.1) is 0 Å². The lowest BCUT2D eigenvalue weighted by molar-refractivity contribution is 0.406. The second-order valence-corrected chi connectivity index (χ2v) is 3.35. The van der Waals surface area contributed by atoms with E-state index in [9.17, 15) is 0 Å². The predicted octanol–water partition coefficient (Wildman–Crippen LogP) is 2.19. The number of nitrogens with one attached hydrogen (secondary N) is 1. The lowest BCUT2D eigenvalue weighted by Gasteiger charge is -2.11. The average Bonchev–Trinajstić information content (AvgIpc) is 2.15. The number of hydrogen-bond donors (Lipinski definition) is 1. The minimum Gasteiger partial charge on any atom is -0.496 e. The van der Waals surface area contributed by atoms with Crippen molar-refractivity contribution < 1.29 is 4.74 Å². The maximum absolute atomic E-state index is 5.24. The van der Waals surface area contributed by atoms with E-state index in [0.717, 1.165) is 12.3 Å². The third-order valence-corrected chi connectivity index (χ3v) is 1.89. The van der Waals surface area contributed by atoms with E-state index in [2.05, 4.69) is 25.2 Å². The topological polar surface area (TPSA) is 21.3 Å². The molecule has 0 saturated heterocycles. The molecule has 2 nitrogen and oxygen atoms in total. The molecule has 0 radical (unpaired) electrons. The first-order valence-electron chi connectivity index (χ1n) is 4.59. The van der Waals surface area contributed by atoms with Gasteiger partial charge in [0.1, 0.15) is 5.75 Å². The summed E-state index contributed by atoms with van der Waals surface area (Å²) in [4.78, 5) is 0. The van der Waals surface area contributed by atoms with Crippen LogP contribution < -0.4 is 10.1 Å². The Morgan fingerprint density at radius 2 is 2.00 bits per heavy atom. The van der Waals surface area contributed by atoms with Gasteiger partial charge in [0.05, 0.1) is 7.11 Å². The van der Waals surface area contributed by atoms with Gasteiger partial charge in [-0.1, -0.05) is 32.0 Å². The Morgan fingerprint density at radius 1 is 1.31 bits per heavy atom. The van der Waals surface area contributed by atoms with Crippen LogP contribution in [0.25, 0.3) is 0 Å². The van der Waals surface area contributed by atoms with Gasteiger partial charge in [-0.25, -0.2) is 0 Å². The molecule has 0 unspecified atom stereocenters. The van der Waals surface area contributed by atoms with Gasteiger partial charge in [0.15, 0.2) is 0 Å². The molecule has 0 saturated carbocycles. The van der Waals surface area contributed by atoms with Crippen LogP contribution in [-0.2, 0) is 6.54 Å². The molecule has 2 heteroatoms. The van der Waals surface area contributed by atoms with Gasteiger partial charge >= 0.3 is 0 Å². The van der Waals surface area contributed by atoms with Crippen LogP contribution >= 0.6 is 0 Å². The summed E-state index contributed by atoms with van der Waals surface area (Å²) in [5, 5.41) is 3.36. The number of para-hydroxylation sites is 1. The molecule has 0 aliphatic rings. The number of hydrogen-bond acceptors (Lipinski definition) is 2. The molecule has 0 aliphatic heterocycles. The summed E-state index contributed by atoms with van der Waals surface area (Å²) in [5.41, 5.74) is 1.21. The van der Waals surface area contributed by atoms with Crippen molar-refractivity contribution in [3.8, 4) is 5.75 Å². The van der Waals surface area contributed by atoms with E-state index < -0.39 is 0 Å². The second kappa shape index (κ2) is 4.87. The van der Waals surface area contributed by atoms with Gasteiger partial charge in [-0.3, -0.25) is 0 Å². The first-order valence-corrected chi connectivity index (χ1v) is 4.59. The average molecular weight is 179 g/mol. The summed E-state index contributed by atoms with van der Waals surface area (Å²) in [5.74, 6) is 0.954. The van der Waals surface area contributed by atoms with Crippen molar-refractivity contribution >= 4 is 0 Å². The standard InChI is InChI=1S/C11H17NO/c1-9(2)12-8-10-6-4-5-7-11(10)13-3/h4-7,9,12H,8H2,1-3H3. The number of ether oxygens (including phenoxy) is 1. The molecule has 0 bridgehead atoms. The van der Waals surface area contributed by atoms with E-state index in [-0.39, 0.29) is 0 Å². The molecule has 0 fully saturated rings. The van der Waals surface area contributed by atoms with Crippen LogP contribution in [-0.4, -0.2) is 13.2 Å². The molecule has 1 aromatic carbocycles. The van der Waals surface area contributed by atoms with Gasteiger partial charge in [-0.2, -0.15) is 0 Å². The molecule has 13 heavy (non-hydrogen) atoms. The van der Waals surface area contributed by atoms with Crippen molar-refractivity contribution in [2.75, 3.05) is 7.11 Å². The predicted molar refractivity (Wildman–Crippen MR) is 55.0 cm³/mol. The lowest BCUT2D eigenvalue weighted by atomic mass is 10.2. The zero-order valence-corrected chi connectivity index (χ0v) is 8.50. The van der Waals surface area contributed by atoms with Crippen molar-refractivity contribution in [3.05, 3.63) is 29.8 Å². The number of rotatable bonds is 4. The molecule has 0 aliphatic carbocycles. The van der Waals surface area contributed by atoms with Crippen LogP contribution in [0.2, 0.25) is 0 Å². The Balaban J connectivity index is 2.64. The molecule has 0 aromatic heterocycles. The SMILES string of the molecule is COc1ccccc1CNC(C)C. The smallest absolute Gasteiger partial charge is 0.123 e. The van der Waals surface area contributed by atoms with E-state index >= 15 is 0 Å². The fourth-order valence-corrected chi connectivity index (χ4v) is 1.16. The number of methoxy groups -OCH3 is 1. The second-order valence-electron chi connectivity index (χ2n) is 3.35. The molecule has 0 spiro atoms. The van der Waals surface area contributed by atoms with Crippen LogP contribution in [0.15, 0.2) is 24.3 Å². The summed E-state index contributed by atoms with van der Waals surface area (Å²) in [6.45, 7) is 5.13. The van der Waals surface area contributed by atoms with E-state index in [1.54, 1.807) is 7.11 Å². The van der Waals surface area contributed by atoms with Crippen molar-refractivity contribution in [2.24, 2.45) is 0 Å². The Bertz CT molecular complexity index is 258. The molecule has 1 rings (SSSR count). The van der Waals surface area contributed by atoms with Crippen LogP contribution in [0.1, 0.15) is 19.4 Å². The highest BCUT2D eigenvalue weighted by molar-refractivity contribution is 5.32. The Kier molecular flexibility index (Phi) is 3.77. The molecule has 0 heterocycles. The van der Waals surface area contributed by atoms with Crippen molar-refractivity contribution in [3.63, 3.8) is 0 Å². The molecule has 0 atom stereocenters. The summed E-state index contributed by atoms with van der Waals surface area (Å²) < 4.78 is 5.24. The van der Waals surface area contributed by atoms with Crippen molar-refractivity contribution in [2.45, 2.75) is 26.4 Å². The van der Waals surface area contributed by atoms with Crippen molar-refractivity contribution in [1.82, 2.24) is 5.32 Å². The lowest BCUT2D eigenvalue weighted by Crippen LogP contribution is -2.22. The highest BCUT2D eigenvalue weighted by Gasteiger charge is 2.00. The minimum absolute atomic E-state index is 0.505. The van der Waals surface area contributed by atoms with Gasteiger partial charge in [0, 0.05) is 18.2 Å². The minimum atomic E-state index is 0.505. The van der Waals surface area contributed by atoms with Gasteiger partial charge in [-0.05, 0) is 6.07 Å². The molecule has 1 aromatic rings. The molecule has 72 valence electrons. The monoisotopic (exact) mass is 179 g/mol. The first-order chi connectivity index (χ1) is 6.24. The third kappa shape index (κ3) is 3.07. The normalized spacial score (nSPS) is 10.5.